The summed E-state index contributed by atoms with van der Waals surface area (Å²) in [7, 11) is -2.71. The van der Waals surface area contributed by atoms with E-state index in [1.807, 2.05) is 0 Å². The summed E-state index contributed by atoms with van der Waals surface area (Å²) in [5.74, 6) is -0.486. The van der Waals surface area contributed by atoms with E-state index < -0.39 is 39.2 Å². The average Bonchev–Trinajstić information content (AvgIpc) is 2.77. The van der Waals surface area contributed by atoms with Gasteiger partial charge in [0.25, 0.3) is 10.0 Å². The lowest BCUT2D eigenvalue weighted by Gasteiger charge is -2.33. The second-order valence-electron chi connectivity index (χ2n) is 7.78. The molecular formula is C22H24ClF3N2O3S. The molecule has 1 fully saturated rings. The molecule has 3 rings (SSSR count). The molecule has 0 saturated heterocycles. The Morgan fingerprint density at radius 2 is 1.69 bits per heavy atom. The Morgan fingerprint density at radius 1 is 1.06 bits per heavy atom. The highest BCUT2D eigenvalue weighted by atomic mass is 35.5. The number of sulfonamides is 1. The number of halogens is 4. The van der Waals surface area contributed by atoms with Crippen LogP contribution in [0.3, 0.4) is 0 Å². The lowest BCUT2D eigenvalue weighted by atomic mass is 9.94. The largest absolute Gasteiger partial charge is 0.417 e. The van der Waals surface area contributed by atoms with Crippen molar-refractivity contribution in [2.75, 3.05) is 17.9 Å². The SMILES string of the molecule is CN(C(=O)CN(c1ccc(Cl)c(C(F)(F)F)c1)S(=O)(=O)c1ccccc1)C1CCCCC1. The van der Waals surface area contributed by atoms with Gasteiger partial charge < -0.3 is 4.90 Å². The van der Waals surface area contributed by atoms with Crippen LogP contribution in [0.1, 0.15) is 37.7 Å². The van der Waals surface area contributed by atoms with Crippen LogP contribution >= 0.6 is 11.6 Å². The molecule has 0 aromatic heterocycles. The summed E-state index contributed by atoms with van der Waals surface area (Å²) in [5, 5.41) is -0.552. The van der Waals surface area contributed by atoms with Gasteiger partial charge in [-0.05, 0) is 43.2 Å². The maximum absolute atomic E-state index is 13.4. The molecule has 2 aromatic rings. The first kappa shape index (κ1) is 24.4. The predicted molar refractivity (Wildman–Crippen MR) is 117 cm³/mol. The van der Waals surface area contributed by atoms with Gasteiger partial charge in [-0.3, -0.25) is 9.10 Å². The number of nitrogens with zero attached hydrogens (tertiary/aromatic N) is 2. The third-order valence-electron chi connectivity index (χ3n) is 5.67. The Balaban J connectivity index is 2.02. The van der Waals surface area contributed by atoms with Crippen LogP contribution < -0.4 is 4.31 Å². The standard InChI is InChI=1S/C22H24ClF3N2O3S/c1-27(16-8-4-2-5-9-16)21(29)15-28(32(30,31)18-10-6-3-7-11-18)17-12-13-20(23)19(14-17)22(24,25)26/h3,6-7,10-14,16H,2,4-5,8-9,15H2,1H3. The molecule has 1 aliphatic rings. The van der Waals surface area contributed by atoms with E-state index >= 15 is 0 Å². The summed E-state index contributed by atoms with van der Waals surface area (Å²) in [6.45, 7) is -0.622. The maximum Gasteiger partial charge on any atom is 0.417 e. The van der Waals surface area contributed by atoms with Gasteiger partial charge in [0.05, 0.1) is 21.2 Å². The monoisotopic (exact) mass is 488 g/mol. The summed E-state index contributed by atoms with van der Waals surface area (Å²) >= 11 is 5.71. The topological polar surface area (TPSA) is 57.7 Å². The normalized spacial score (nSPS) is 15.4. The molecular weight excluding hydrogens is 465 g/mol. The van der Waals surface area contributed by atoms with E-state index in [9.17, 15) is 26.4 Å². The summed E-state index contributed by atoms with van der Waals surface area (Å²) in [6.07, 6.45) is -0.128. The lowest BCUT2D eigenvalue weighted by molar-refractivity contribution is -0.137. The third kappa shape index (κ3) is 5.38. The third-order valence-corrected chi connectivity index (χ3v) is 7.79. The Hall–Kier alpha value is -2.26. The Kier molecular flexibility index (Phi) is 7.39. The van der Waals surface area contributed by atoms with Crippen LogP contribution in [0.25, 0.3) is 0 Å². The van der Waals surface area contributed by atoms with Crippen molar-refractivity contribution < 1.29 is 26.4 Å². The first-order valence-electron chi connectivity index (χ1n) is 10.2. The van der Waals surface area contributed by atoms with E-state index in [2.05, 4.69) is 0 Å². The van der Waals surface area contributed by atoms with Crippen molar-refractivity contribution in [3.63, 3.8) is 0 Å². The van der Waals surface area contributed by atoms with Crippen molar-refractivity contribution in [2.45, 2.75) is 49.2 Å². The maximum atomic E-state index is 13.4. The van der Waals surface area contributed by atoms with Gasteiger partial charge in [0.2, 0.25) is 5.91 Å². The number of carbonyl (C=O) groups is 1. The molecule has 1 amide bonds. The van der Waals surface area contributed by atoms with Crippen molar-refractivity contribution in [1.29, 1.82) is 0 Å². The van der Waals surface area contributed by atoms with Gasteiger partial charge in [-0.2, -0.15) is 13.2 Å². The molecule has 0 radical (unpaired) electrons. The number of rotatable bonds is 6. The Bertz CT molecular complexity index is 1060. The predicted octanol–water partition coefficient (Wildman–Crippen LogP) is 5.35. The summed E-state index contributed by atoms with van der Waals surface area (Å²) in [5.41, 5.74) is -1.45. The fraction of sp³-hybridized carbons (Fsp3) is 0.409. The summed E-state index contributed by atoms with van der Waals surface area (Å²) < 4.78 is 67.7. The minimum atomic E-state index is -4.78. The van der Waals surface area contributed by atoms with E-state index in [1.165, 1.54) is 35.2 Å². The quantitative estimate of drug-likeness (QED) is 0.551. The number of hydrogen-bond donors (Lipinski definition) is 0. The molecule has 0 bridgehead atoms. The Morgan fingerprint density at radius 3 is 2.28 bits per heavy atom. The van der Waals surface area contributed by atoms with Crippen molar-refractivity contribution >= 4 is 33.2 Å². The number of carbonyl (C=O) groups excluding carboxylic acids is 1. The highest BCUT2D eigenvalue weighted by Crippen LogP contribution is 2.38. The number of hydrogen-bond acceptors (Lipinski definition) is 3. The van der Waals surface area contributed by atoms with Crippen LogP contribution in [-0.4, -0.2) is 38.9 Å². The fourth-order valence-electron chi connectivity index (χ4n) is 3.83. The van der Waals surface area contributed by atoms with Crippen molar-refractivity contribution in [2.24, 2.45) is 0 Å². The highest BCUT2D eigenvalue weighted by Gasteiger charge is 2.36. The molecule has 1 aliphatic carbocycles. The van der Waals surface area contributed by atoms with Gasteiger partial charge in [0, 0.05) is 13.1 Å². The second-order valence-corrected chi connectivity index (χ2v) is 10.1. The molecule has 0 aliphatic heterocycles. The van der Waals surface area contributed by atoms with Crippen molar-refractivity contribution in [3.05, 3.63) is 59.1 Å². The van der Waals surface area contributed by atoms with Gasteiger partial charge in [-0.1, -0.05) is 49.1 Å². The minimum Gasteiger partial charge on any atom is -0.341 e. The molecule has 0 spiro atoms. The summed E-state index contributed by atoms with van der Waals surface area (Å²) in [4.78, 5) is 14.4. The number of anilines is 1. The zero-order chi connectivity index (χ0) is 23.5. The zero-order valence-electron chi connectivity index (χ0n) is 17.5. The number of amides is 1. The fourth-order valence-corrected chi connectivity index (χ4v) is 5.48. The van der Waals surface area contributed by atoms with Crippen molar-refractivity contribution in [3.8, 4) is 0 Å². The van der Waals surface area contributed by atoms with Gasteiger partial charge in [-0.25, -0.2) is 8.42 Å². The molecule has 0 heterocycles. The molecule has 32 heavy (non-hydrogen) atoms. The van der Waals surface area contributed by atoms with E-state index in [0.717, 1.165) is 42.5 Å². The van der Waals surface area contributed by atoms with Crippen LogP contribution in [0.5, 0.6) is 0 Å². The van der Waals surface area contributed by atoms with Gasteiger partial charge in [0.15, 0.2) is 0 Å². The highest BCUT2D eigenvalue weighted by molar-refractivity contribution is 7.92. The first-order valence-corrected chi connectivity index (χ1v) is 12.0. The zero-order valence-corrected chi connectivity index (χ0v) is 19.1. The summed E-state index contributed by atoms with van der Waals surface area (Å²) in [6, 6.07) is 10.1. The molecule has 10 heteroatoms. The smallest absolute Gasteiger partial charge is 0.341 e. The van der Waals surface area contributed by atoms with Crippen LogP contribution in [-0.2, 0) is 21.0 Å². The molecule has 5 nitrogen and oxygen atoms in total. The van der Waals surface area contributed by atoms with Crippen LogP contribution in [0.15, 0.2) is 53.4 Å². The van der Waals surface area contributed by atoms with E-state index in [4.69, 9.17) is 11.6 Å². The number of likely N-dealkylation sites (N-methyl/N-ethyl adjacent to an activating group) is 1. The lowest BCUT2D eigenvalue weighted by Crippen LogP contribution is -2.46. The van der Waals surface area contributed by atoms with E-state index in [0.29, 0.717) is 6.07 Å². The molecule has 1 saturated carbocycles. The average molecular weight is 489 g/mol. The number of alkyl halides is 3. The van der Waals surface area contributed by atoms with Crippen molar-refractivity contribution in [1.82, 2.24) is 4.90 Å². The molecule has 0 unspecified atom stereocenters. The van der Waals surface area contributed by atoms with Crippen LogP contribution in [0, 0.1) is 0 Å². The van der Waals surface area contributed by atoms with E-state index in [1.54, 1.807) is 13.1 Å². The molecule has 0 atom stereocenters. The first-order chi connectivity index (χ1) is 15.0. The van der Waals surface area contributed by atoms with Crippen LogP contribution in [0.2, 0.25) is 5.02 Å². The second kappa shape index (κ2) is 9.70. The van der Waals surface area contributed by atoms with Gasteiger partial charge >= 0.3 is 6.18 Å². The van der Waals surface area contributed by atoms with Gasteiger partial charge in [-0.15, -0.1) is 0 Å². The molecule has 0 N–H and O–H groups in total. The van der Waals surface area contributed by atoms with Gasteiger partial charge in [0.1, 0.15) is 6.54 Å². The van der Waals surface area contributed by atoms with Crippen LogP contribution in [0.4, 0.5) is 18.9 Å². The van der Waals surface area contributed by atoms with E-state index in [-0.39, 0.29) is 16.6 Å². The molecule has 2 aromatic carbocycles. The minimum absolute atomic E-state index is 0.0199. The number of benzene rings is 2. The Labute approximate surface area is 190 Å². The molecule has 174 valence electrons.